The van der Waals surface area contributed by atoms with Gasteiger partial charge in [0.25, 0.3) is 5.91 Å². The van der Waals surface area contributed by atoms with Gasteiger partial charge in [-0.25, -0.2) is 0 Å². The normalized spacial score (nSPS) is 12.8. The molecule has 0 radical (unpaired) electrons. The van der Waals surface area contributed by atoms with Crippen molar-refractivity contribution < 1.29 is 9.53 Å². The van der Waals surface area contributed by atoms with E-state index in [2.05, 4.69) is 29.4 Å². The first-order valence-electron chi connectivity index (χ1n) is 6.74. The standard InChI is InChI=1S/C14H20N4O2/c1-10(2)7-20-8-11(3)16-14(19)12-4-5-13-17-15-9-18(13)6-12/h4-6,9-11H,7-8H2,1-3H3,(H,16,19). The molecular formula is C14H20N4O2. The monoisotopic (exact) mass is 276 g/mol. The lowest BCUT2D eigenvalue weighted by atomic mass is 10.2. The minimum atomic E-state index is -0.124. The van der Waals surface area contributed by atoms with Crippen molar-refractivity contribution in [1.29, 1.82) is 0 Å². The van der Waals surface area contributed by atoms with E-state index in [1.54, 1.807) is 29.1 Å². The van der Waals surface area contributed by atoms with Gasteiger partial charge in [0, 0.05) is 18.8 Å². The second-order valence-corrected chi connectivity index (χ2v) is 5.32. The van der Waals surface area contributed by atoms with Crippen molar-refractivity contribution in [2.75, 3.05) is 13.2 Å². The van der Waals surface area contributed by atoms with E-state index in [9.17, 15) is 4.79 Å². The molecule has 0 fully saturated rings. The van der Waals surface area contributed by atoms with Gasteiger partial charge in [0.2, 0.25) is 0 Å². The predicted octanol–water partition coefficient (Wildman–Crippen LogP) is 1.52. The molecule has 1 unspecified atom stereocenters. The molecule has 6 heteroatoms. The number of nitrogens with one attached hydrogen (secondary N) is 1. The zero-order chi connectivity index (χ0) is 14.5. The summed E-state index contributed by atoms with van der Waals surface area (Å²) >= 11 is 0. The van der Waals surface area contributed by atoms with Gasteiger partial charge in [-0.05, 0) is 25.0 Å². The van der Waals surface area contributed by atoms with Crippen LogP contribution in [-0.4, -0.2) is 39.8 Å². The quantitative estimate of drug-likeness (QED) is 0.868. The van der Waals surface area contributed by atoms with Crippen LogP contribution in [0.1, 0.15) is 31.1 Å². The molecule has 0 aliphatic heterocycles. The molecule has 2 rings (SSSR count). The van der Waals surface area contributed by atoms with Crippen LogP contribution in [0.3, 0.4) is 0 Å². The maximum absolute atomic E-state index is 12.1. The average molecular weight is 276 g/mol. The third kappa shape index (κ3) is 3.77. The lowest BCUT2D eigenvalue weighted by molar-refractivity contribution is 0.0791. The Morgan fingerprint density at radius 3 is 2.90 bits per heavy atom. The van der Waals surface area contributed by atoms with E-state index in [1.807, 2.05) is 6.92 Å². The van der Waals surface area contributed by atoms with Gasteiger partial charge >= 0.3 is 0 Å². The van der Waals surface area contributed by atoms with Crippen LogP contribution in [0.2, 0.25) is 0 Å². The number of carbonyl (C=O) groups excluding carboxylic acids is 1. The summed E-state index contributed by atoms with van der Waals surface area (Å²) in [7, 11) is 0. The van der Waals surface area contributed by atoms with Gasteiger partial charge in [0.1, 0.15) is 6.33 Å². The fourth-order valence-electron chi connectivity index (χ4n) is 1.79. The number of fused-ring (bicyclic) bond motifs is 1. The maximum atomic E-state index is 12.1. The second-order valence-electron chi connectivity index (χ2n) is 5.32. The van der Waals surface area contributed by atoms with Gasteiger partial charge in [-0.3, -0.25) is 9.20 Å². The van der Waals surface area contributed by atoms with Crippen molar-refractivity contribution in [3.05, 3.63) is 30.2 Å². The molecular weight excluding hydrogens is 256 g/mol. The number of hydrogen-bond acceptors (Lipinski definition) is 4. The van der Waals surface area contributed by atoms with Gasteiger partial charge in [0.05, 0.1) is 12.2 Å². The topological polar surface area (TPSA) is 68.5 Å². The van der Waals surface area contributed by atoms with E-state index in [4.69, 9.17) is 4.74 Å². The van der Waals surface area contributed by atoms with Crippen molar-refractivity contribution in [3.63, 3.8) is 0 Å². The molecule has 2 heterocycles. The van der Waals surface area contributed by atoms with Crippen molar-refractivity contribution >= 4 is 11.6 Å². The van der Waals surface area contributed by atoms with Crippen molar-refractivity contribution in [2.24, 2.45) is 5.92 Å². The molecule has 0 spiro atoms. The maximum Gasteiger partial charge on any atom is 0.253 e. The predicted molar refractivity (Wildman–Crippen MR) is 75.6 cm³/mol. The van der Waals surface area contributed by atoms with E-state index in [-0.39, 0.29) is 11.9 Å². The van der Waals surface area contributed by atoms with Crippen LogP contribution in [0.4, 0.5) is 0 Å². The highest BCUT2D eigenvalue weighted by atomic mass is 16.5. The molecule has 108 valence electrons. The van der Waals surface area contributed by atoms with Crippen LogP contribution in [0.15, 0.2) is 24.7 Å². The van der Waals surface area contributed by atoms with E-state index >= 15 is 0 Å². The molecule has 0 saturated heterocycles. The molecule has 1 N–H and O–H groups in total. The van der Waals surface area contributed by atoms with Gasteiger partial charge in [-0.1, -0.05) is 13.8 Å². The van der Waals surface area contributed by atoms with Crippen molar-refractivity contribution in [2.45, 2.75) is 26.8 Å². The molecule has 1 amide bonds. The largest absolute Gasteiger partial charge is 0.379 e. The SMILES string of the molecule is CC(C)COCC(C)NC(=O)c1ccc2nncn2c1. The van der Waals surface area contributed by atoms with Crippen LogP contribution >= 0.6 is 0 Å². The number of pyridine rings is 1. The molecule has 0 aliphatic carbocycles. The number of aromatic nitrogens is 3. The summed E-state index contributed by atoms with van der Waals surface area (Å²) < 4.78 is 7.23. The highest BCUT2D eigenvalue weighted by Gasteiger charge is 2.11. The fourth-order valence-corrected chi connectivity index (χ4v) is 1.79. The average Bonchev–Trinajstić information content (AvgIpc) is 2.85. The van der Waals surface area contributed by atoms with Crippen LogP contribution in [-0.2, 0) is 4.74 Å². The Kier molecular flexibility index (Phi) is 4.68. The molecule has 2 aromatic heterocycles. The highest BCUT2D eigenvalue weighted by Crippen LogP contribution is 2.04. The molecule has 0 aromatic carbocycles. The number of ether oxygens (including phenoxy) is 1. The lowest BCUT2D eigenvalue weighted by Crippen LogP contribution is -2.36. The first-order chi connectivity index (χ1) is 9.56. The Morgan fingerprint density at radius 1 is 1.35 bits per heavy atom. The smallest absolute Gasteiger partial charge is 0.253 e. The van der Waals surface area contributed by atoms with Crippen LogP contribution in [0, 0.1) is 5.92 Å². The minimum Gasteiger partial charge on any atom is -0.379 e. The Morgan fingerprint density at radius 2 is 2.15 bits per heavy atom. The van der Waals surface area contributed by atoms with E-state index in [1.165, 1.54) is 0 Å². The number of nitrogens with zero attached hydrogens (tertiary/aromatic N) is 3. The first kappa shape index (κ1) is 14.5. The molecule has 6 nitrogen and oxygen atoms in total. The molecule has 2 aromatic rings. The summed E-state index contributed by atoms with van der Waals surface area (Å²) in [5, 5.41) is 10.6. The molecule has 0 aliphatic rings. The Balaban J connectivity index is 1.90. The van der Waals surface area contributed by atoms with Crippen molar-refractivity contribution in [1.82, 2.24) is 19.9 Å². The van der Waals surface area contributed by atoms with Gasteiger partial charge in [-0.15, -0.1) is 10.2 Å². The third-order valence-corrected chi connectivity index (χ3v) is 2.75. The molecule has 1 atom stereocenters. The summed E-state index contributed by atoms with van der Waals surface area (Å²) in [5.41, 5.74) is 1.29. The summed E-state index contributed by atoms with van der Waals surface area (Å²) in [6, 6.07) is 3.47. The zero-order valence-corrected chi connectivity index (χ0v) is 12.0. The van der Waals surface area contributed by atoms with E-state index < -0.39 is 0 Å². The summed E-state index contributed by atoms with van der Waals surface area (Å²) in [5.74, 6) is 0.371. The fraction of sp³-hybridized carbons (Fsp3) is 0.500. The summed E-state index contributed by atoms with van der Waals surface area (Å²) in [4.78, 5) is 12.1. The molecule has 20 heavy (non-hydrogen) atoms. The Bertz CT molecular complexity index is 579. The lowest BCUT2D eigenvalue weighted by Gasteiger charge is -2.15. The molecule has 0 bridgehead atoms. The third-order valence-electron chi connectivity index (χ3n) is 2.75. The van der Waals surface area contributed by atoms with E-state index in [0.29, 0.717) is 24.7 Å². The first-order valence-corrected chi connectivity index (χ1v) is 6.74. The molecule has 0 saturated carbocycles. The Labute approximate surface area is 118 Å². The van der Waals surface area contributed by atoms with E-state index in [0.717, 1.165) is 5.65 Å². The van der Waals surface area contributed by atoms with Gasteiger partial charge in [0.15, 0.2) is 5.65 Å². The van der Waals surface area contributed by atoms with Gasteiger partial charge in [-0.2, -0.15) is 0 Å². The number of carbonyl (C=O) groups is 1. The van der Waals surface area contributed by atoms with Gasteiger partial charge < -0.3 is 10.1 Å². The van der Waals surface area contributed by atoms with Crippen LogP contribution < -0.4 is 5.32 Å². The summed E-state index contributed by atoms with van der Waals surface area (Å²) in [6.07, 6.45) is 3.29. The number of rotatable bonds is 6. The van der Waals surface area contributed by atoms with Crippen molar-refractivity contribution in [3.8, 4) is 0 Å². The van der Waals surface area contributed by atoms with Crippen LogP contribution in [0.25, 0.3) is 5.65 Å². The minimum absolute atomic E-state index is 0.0298. The number of hydrogen-bond donors (Lipinski definition) is 1. The second kappa shape index (κ2) is 6.47. The van der Waals surface area contributed by atoms with Crippen LogP contribution in [0.5, 0.6) is 0 Å². The number of amides is 1. The Hall–Kier alpha value is -1.95. The zero-order valence-electron chi connectivity index (χ0n) is 12.0. The summed E-state index contributed by atoms with van der Waals surface area (Å²) in [6.45, 7) is 7.33. The highest BCUT2D eigenvalue weighted by molar-refractivity contribution is 5.94.